The first kappa shape index (κ1) is 14.5. The Morgan fingerprint density at radius 1 is 1.33 bits per heavy atom. The highest BCUT2D eigenvalue weighted by molar-refractivity contribution is 14.1. The zero-order valence-electron chi connectivity index (χ0n) is 8.57. The molecule has 0 heterocycles. The quantitative estimate of drug-likeness (QED) is 0.789. The van der Waals surface area contributed by atoms with Crippen LogP contribution in [0, 0.1) is 3.57 Å². The van der Waals surface area contributed by atoms with E-state index in [1.807, 2.05) is 24.3 Å². The van der Waals surface area contributed by atoms with Crippen LogP contribution in [0.5, 0.6) is 5.75 Å². The van der Waals surface area contributed by atoms with Gasteiger partial charge in [0.1, 0.15) is 5.75 Å². The van der Waals surface area contributed by atoms with Crippen LogP contribution in [0.25, 0.3) is 0 Å². The van der Waals surface area contributed by atoms with E-state index in [0.717, 1.165) is 9.32 Å². The summed E-state index contributed by atoms with van der Waals surface area (Å²) in [5.74, 6) is 0.684. The van der Waals surface area contributed by atoms with Gasteiger partial charge in [0.25, 0.3) is 5.91 Å². The summed E-state index contributed by atoms with van der Waals surface area (Å²) in [4.78, 5) is 12.7. The monoisotopic (exact) mass is 341 g/mol. The van der Waals surface area contributed by atoms with Crippen LogP contribution in [-0.4, -0.2) is 31.5 Å². The van der Waals surface area contributed by atoms with E-state index in [1.54, 1.807) is 14.1 Å². The van der Waals surface area contributed by atoms with Crippen molar-refractivity contribution in [1.82, 2.24) is 4.90 Å². The number of rotatable bonds is 3. The van der Waals surface area contributed by atoms with Gasteiger partial charge >= 0.3 is 0 Å². The molecule has 0 unspecified atom stereocenters. The molecule has 0 radical (unpaired) electrons. The number of amides is 1. The number of likely N-dealkylation sites (N-methyl/N-ethyl adjacent to an activating group) is 1. The van der Waals surface area contributed by atoms with Crippen LogP contribution >= 0.6 is 35.0 Å². The Morgan fingerprint density at radius 2 is 1.87 bits per heavy atom. The lowest BCUT2D eigenvalue weighted by Crippen LogP contribution is -2.27. The molecule has 84 valence electrons. The molecule has 0 saturated heterocycles. The van der Waals surface area contributed by atoms with Crippen molar-refractivity contribution in [3.05, 3.63) is 27.8 Å². The normalized spacial score (nSPS) is 9.00. The zero-order chi connectivity index (χ0) is 10.6. The van der Waals surface area contributed by atoms with E-state index in [2.05, 4.69) is 22.6 Å². The molecule has 1 aromatic carbocycles. The molecule has 0 aliphatic heterocycles. The topological polar surface area (TPSA) is 29.5 Å². The van der Waals surface area contributed by atoms with Gasteiger partial charge in [0.05, 0.1) is 0 Å². The van der Waals surface area contributed by atoms with Gasteiger partial charge in [0.2, 0.25) is 0 Å². The molecule has 0 fully saturated rings. The number of ether oxygens (including phenoxy) is 1. The van der Waals surface area contributed by atoms with Crippen molar-refractivity contribution in [2.24, 2.45) is 0 Å². The minimum atomic E-state index is -0.0384. The number of hydrogen-bond acceptors (Lipinski definition) is 2. The molecule has 3 nitrogen and oxygen atoms in total. The Labute approximate surface area is 109 Å². The van der Waals surface area contributed by atoms with Crippen molar-refractivity contribution < 1.29 is 9.53 Å². The van der Waals surface area contributed by atoms with Gasteiger partial charge in [-0.25, -0.2) is 0 Å². The smallest absolute Gasteiger partial charge is 0.259 e. The number of carbonyl (C=O) groups excluding carboxylic acids is 1. The van der Waals surface area contributed by atoms with E-state index < -0.39 is 0 Å². The molecule has 0 aromatic heterocycles. The number of nitrogens with zero attached hydrogens (tertiary/aromatic N) is 1. The van der Waals surface area contributed by atoms with Crippen molar-refractivity contribution >= 4 is 40.9 Å². The first-order valence-corrected chi connectivity index (χ1v) is 5.26. The Hall–Kier alpha value is -0.490. The number of carbonyl (C=O) groups is 1. The number of benzene rings is 1. The fourth-order valence-corrected chi connectivity index (χ4v) is 1.16. The second-order valence-electron chi connectivity index (χ2n) is 3.03. The highest BCUT2D eigenvalue weighted by Gasteiger charge is 2.04. The third-order valence-corrected chi connectivity index (χ3v) is 2.39. The minimum absolute atomic E-state index is 0. The second kappa shape index (κ2) is 6.90. The first-order valence-electron chi connectivity index (χ1n) is 4.18. The van der Waals surface area contributed by atoms with Crippen molar-refractivity contribution in [1.29, 1.82) is 0 Å². The van der Waals surface area contributed by atoms with Gasteiger partial charge in [-0.2, -0.15) is 0 Å². The van der Waals surface area contributed by atoms with Crippen molar-refractivity contribution in [3.63, 3.8) is 0 Å². The van der Waals surface area contributed by atoms with Crippen molar-refractivity contribution in [3.8, 4) is 5.75 Å². The van der Waals surface area contributed by atoms with E-state index >= 15 is 0 Å². The molecular weight excluding hydrogens is 328 g/mol. The first-order chi connectivity index (χ1) is 6.59. The molecule has 0 aliphatic rings. The van der Waals surface area contributed by atoms with Gasteiger partial charge in [-0.1, -0.05) is 0 Å². The van der Waals surface area contributed by atoms with E-state index in [1.165, 1.54) is 4.90 Å². The Balaban J connectivity index is 0.00000196. The largest absolute Gasteiger partial charge is 0.484 e. The van der Waals surface area contributed by atoms with Gasteiger partial charge in [-0.05, 0) is 46.9 Å². The molecule has 0 spiro atoms. The maximum atomic E-state index is 11.2. The predicted molar refractivity (Wildman–Crippen MR) is 70.6 cm³/mol. The lowest BCUT2D eigenvalue weighted by molar-refractivity contribution is -0.130. The second-order valence-corrected chi connectivity index (χ2v) is 4.28. The number of halogens is 2. The van der Waals surface area contributed by atoms with Gasteiger partial charge in [0, 0.05) is 17.7 Å². The maximum Gasteiger partial charge on any atom is 0.259 e. The zero-order valence-corrected chi connectivity index (χ0v) is 11.5. The molecule has 0 atom stereocenters. The highest BCUT2D eigenvalue weighted by atomic mass is 127. The highest BCUT2D eigenvalue weighted by Crippen LogP contribution is 2.13. The standard InChI is InChI=1S/C10H12INO2.ClH/c1-12(2)10(13)7-14-9-5-3-8(11)4-6-9;/h3-6H,7H2,1-2H3;1H. The average Bonchev–Trinajstić information content (AvgIpc) is 2.16. The van der Waals surface area contributed by atoms with E-state index in [0.29, 0.717) is 0 Å². The SMILES string of the molecule is CN(C)C(=O)COc1ccc(I)cc1.Cl. The third-order valence-electron chi connectivity index (χ3n) is 1.67. The summed E-state index contributed by atoms with van der Waals surface area (Å²) in [6.45, 7) is 0.0909. The van der Waals surface area contributed by atoms with Gasteiger partial charge in [-0.15, -0.1) is 12.4 Å². The summed E-state index contributed by atoms with van der Waals surface area (Å²) < 4.78 is 6.44. The lowest BCUT2D eigenvalue weighted by Gasteiger charge is -2.11. The third kappa shape index (κ3) is 5.22. The molecule has 1 aromatic rings. The minimum Gasteiger partial charge on any atom is -0.484 e. The Kier molecular flexibility index (Phi) is 6.67. The van der Waals surface area contributed by atoms with Crippen molar-refractivity contribution in [2.45, 2.75) is 0 Å². The van der Waals surface area contributed by atoms with Crippen LogP contribution in [0.1, 0.15) is 0 Å². The van der Waals surface area contributed by atoms with Crippen LogP contribution in [0.3, 0.4) is 0 Å². The van der Waals surface area contributed by atoms with Crippen LogP contribution < -0.4 is 4.74 Å². The summed E-state index contributed by atoms with van der Waals surface area (Å²) in [5.41, 5.74) is 0. The molecule has 1 amide bonds. The van der Waals surface area contributed by atoms with Crippen LogP contribution in [-0.2, 0) is 4.79 Å². The molecule has 5 heteroatoms. The molecule has 15 heavy (non-hydrogen) atoms. The fourth-order valence-electron chi connectivity index (χ4n) is 0.805. The van der Waals surface area contributed by atoms with Crippen LogP contribution in [0.15, 0.2) is 24.3 Å². The Bertz CT molecular complexity index is 314. The summed E-state index contributed by atoms with van der Waals surface area (Å²) in [6, 6.07) is 7.58. The van der Waals surface area contributed by atoms with Crippen LogP contribution in [0.4, 0.5) is 0 Å². The van der Waals surface area contributed by atoms with E-state index in [-0.39, 0.29) is 24.9 Å². The summed E-state index contributed by atoms with van der Waals surface area (Å²) >= 11 is 2.22. The lowest BCUT2D eigenvalue weighted by atomic mass is 10.3. The Morgan fingerprint density at radius 3 is 2.33 bits per heavy atom. The van der Waals surface area contributed by atoms with Crippen LogP contribution in [0.2, 0.25) is 0 Å². The predicted octanol–water partition coefficient (Wildman–Crippen LogP) is 2.18. The van der Waals surface area contributed by atoms with E-state index in [9.17, 15) is 4.79 Å². The molecule has 0 aliphatic carbocycles. The molecule has 0 bridgehead atoms. The van der Waals surface area contributed by atoms with Crippen molar-refractivity contribution in [2.75, 3.05) is 20.7 Å². The molecule has 0 saturated carbocycles. The maximum absolute atomic E-state index is 11.2. The van der Waals surface area contributed by atoms with Gasteiger partial charge in [0.15, 0.2) is 6.61 Å². The van der Waals surface area contributed by atoms with Gasteiger partial charge in [-0.3, -0.25) is 4.79 Å². The number of hydrogen-bond donors (Lipinski definition) is 0. The molecule has 0 N–H and O–H groups in total. The molecule has 1 rings (SSSR count). The summed E-state index contributed by atoms with van der Waals surface area (Å²) in [6.07, 6.45) is 0. The average molecular weight is 342 g/mol. The summed E-state index contributed by atoms with van der Waals surface area (Å²) in [7, 11) is 3.42. The molecular formula is C10H13ClINO2. The van der Waals surface area contributed by atoms with E-state index in [4.69, 9.17) is 4.74 Å². The van der Waals surface area contributed by atoms with Gasteiger partial charge < -0.3 is 9.64 Å². The fraction of sp³-hybridized carbons (Fsp3) is 0.300. The summed E-state index contributed by atoms with van der Waals surface area (Å²) in [5, 5.41) is 0.